The highest BCUT2D eigenvalue weighted by molar-refractivity contribution is 14.1. The lowest BCUT2D eigenvalue weighted by molar-refractivity contribution is 0.102. The second-order valence-electron chi connectivity index (χ2n) is 5.70. The lowest BCUT2D eigenvalue weighted by Crippen LogP contribution is -2.42. The molecule has 0 radical (unpaired) electrons. The average Bonchev–Trinajstić information content (AvgIpc) is 2.96. The molecule has 25 heavy (non-hydrogen) atoms. The van der Waals surface area contributed by atoms with Crippen LogP contribution in [0.15, 0.2) is 24.3 Å². The van der Waals surface area contributed by atoms with E-state index in [1.165, 1.54) is 34.0 Å². The third-order valence-corrected chi connectivity index (χ3v) is 7.65. The molecular formula is C15H17IN4O3S2. The van der Waals surface area contributed by atoms with Crippen molar-refractivity contribution in [2.45, 2.75) is 13.0 Å². The van der Waals surface area contributed by atoms with Crippen molar-refractivity contribution in [1.82, 2.24) is 13.6 Å². The number of hydrogen-bond donors (Lipinski definition) is 1. The minimum Gasteiger partial charge on any atom is -0.298 e. The number of carbonyl (C=O) groups excluding carboxylic acids is 1. The standard InChI is InChI=1S/C15H17IN4O3S2/c1-19(2)25(22,23)20-8-7-12-13(9-20)24-15(17-12)18-14(21)10-5-3-4-6-11(10)16/h3-6H,7-9H2,1-2H3,(H,17,18,21). The van der Waals surface area contributed by atoms with Gasteiger partial charge in [0.2, 0.25) is 0 Å². The Morgan fingerprint density at radius 3 is 2.76 bits per heavy atom. The average molecular weight is 492 g/mol. The monoisotopic (exact) mass is 492 g/mol. The Hall–Kier alpha value is -1.08. The Morgan fingerprint density at radius 1 is 1.36 bits per heavy atom. The fourth-order valence-corrected chi connectivity index (χ4v) is 5.27. The van der Waals surface area contributed by atoms with Crippen LogP contribution < -0.4 is 5.32 Å². The van der Waals surface area contributed by atoms with E-state index in [1.54, 1.807) is 6.07 Å². The Morgan fingerprint density at radius 2 is 2.08 bits per heavy atom. The van der Waals surface area contributed by atoms with Gasteiger partial charge in [-0.1, -0.05) is 12.1 Å². The predicted octanol–water partition coefficient (Wildman–Crippen LogP) is 2.16. The lowest BCUT2D eigenvalue weighted by Gasteiger charge is -2.27. The largest absolute Gasteiger partial charge is 0.298 e. The van der Waals surface area contributed by atoms with Gasteiger partial charge in [0.25, 0.3) is 16.1 Å². The summed E-state index contributed by atoms with van der Waals surface area (Å²) in [5.41, 5.74) is 1.45. The molecule has 0 bridgehead atoms. The molecule has 0 spiro atoms. The number of anilines is 1. The molecule has 10 heteroatoms. The highest BCUT2D eigenvalue weighted by atomic mass is 127. The Labute approximate surface area is 164 Å². The van der Waals surface area contributed by atoms with Crippen LogP contribution in [0.4, 0.5) is 5.13 Å². The molecule has 3 rings (SSSR count). The van der Waals surface area contributed by atoms with Crippen LogP contribution in [0.1, 0.15) is 20.9 Å². The zero-order chi connectivity index (χ0) is 18.2. The van der Waals surface area contributed by atoms with E-state index in [0.717, 1.165) is 14.1 Å². The van der Waals surface area contributed by atoms with Gasteiger partial charge in [-0.15, -0.1) is 11.3 Å². The topological polar surface area (TPSA) is 82.6 Å². The van der Waals surface area contributed by atoms with E-state index in [2.05, 4.69) is 32.9 Å². The van der Waals surface area contributed by atoms with Gasteiger partial charge in [0.15, 0.2) is 5.13 Å². The minimum atomic E-state index is -3.45. The molecule has 1 aromatic heterocycles. The molecule has 1 aliphatic rings. The number of carbonyl (C=O) groups is 1. The molecule has 0 saturated carbocycles. The number of benzene rings is 1. The van der Waals surface area contributed by atoms with Crippen molar-refractivity contribution in [3.63, 3.8) is 0 Å². The molecule has 134 valence electrons. The third-order valence-electron chi connectivity index (χ3n) is 3.82. The summed E-state index contributed by atoms with van der Waals surface area (Å²) in [6.45, 7) is 0.674. The maximum Gasteiger partial charge on any atom is 0.281 e. The first kappa shape index (κ1) is 18.7. The summed E-state index contributed by atoms with van der Waals surface area (Å²) in [6, 6.07) is 7.32. The molecule has 0 fully saturated rings. The van der Waals surface area contributed by atoms with Crippen LogP contribution in [0.25, 0.3) is 0 Å². The number of rotatable bonds is 4. The fraction of sp³-hybridized carbons (Fsp3) is 0.333. The van der Waals surface area contributed by atoms with Gasteiger partial charge < -0.3 is 0 Å². The van der Waals surface area contributed by atoms with E-state index in [9.17, 15) is 13.2 Å². The Kier molecular flexibility index (Phi) is 5.44. The summed E-state index contributed by atoms with van der Waals surface area (Å²) >= 11 is 3.44. The number of nitrogens with zero attached hydrogens (tertiary/aromatic N) is 3. The summed E-state index contributed by atoms with van der Waals surface area (Å²) in [4.78, 5) is 17.7. The third kappa shape index (κ3) is 3.87. The van der Waals surface area contributed by atoms with Crippen molar-refractivity contribution in [1.29, 1.82) is 0 Å². The van der Waals surface area contributed by atoms with Crippen molar-refractivity contribution < 1.29 is 13.2 Å². The number of hydrogen-bond acceptors (Lipinski definition) is 5. The van der Waals surface area contributed by atoms with Crippen LogP contribution in [0, 0.1) is 3.57 Å². The van der Waals surface area contributed by atoms with Crippen molar-refractivity contribution >= 4 is 55.2 Å². The van der Waals surface area contributed by atoms with E-state index in [0.29, 0.717) is 23.7 Å². The van der Waals surface area contributed by atoms with E-state index in [-0.39, 0.29) is 12.5 Å². The maximum atomic E-state index is 12.4. The SMILES string of the molecule is CN(C)S(=O)(=O)N1CCc2nc(NC(=O)c3ccccc3I)sc2C1. The van der Waals surface area contributed by atoms with Crippen LogP contribution in [0.3, 0.4) is 0 Å². The Bertz CT molecular complexity index is 911. The van der Waals surface area contributed by atoms with Crippen LogP contribution in [-0.4, -0.2) is 48.6 Å². The van der Waals surface area contributed by atoms with E-state index < -0.39 is 10.2 Å². The second kappa shape index (κ2) is 7.27. The molecule has 0 atom stereocenters. The van der Waals surface area contributed by atoms with Crippen LogP contribution >= 0.6 is 33.9 Å². The van der Waals surface area contributed by atoms with Crippen LogP contribution in [0.5, 0.6) is 0 Å². The summed E-state index contributed by atoms with van der Waals surface area (Å²) in [6.07, 6.45) is 0.539. The molecule has 0 saturated heterocycles. The molecule has 1 N–H and O–H groups in total. The van der Waals surface area contributed by atoms with Gasteiger partial charge in [0, 0.05) is 35.5 Å². The first-order chi connectivity index (χ1) is 11.8. The highest BCUT2D eigenvalue weighted by Crippen LogP contribution is 2.30. The van der Waals surface area contributed by atoms with Gasteiger partial charge >= 0.3 is 0 Å². The van der Waals surface area contributed by atoms with Crippen molar-refractivity contribution in [2.75, 3.05) is 26.0 Å². The molecular weight excluding hydrogens is 475 g/mol. The summed E-state index contributed by atoms with van der Waals surface area (Å²) in [5.74, 6) is -0.214. The molecule has 1 aliphatic heterocycles. The number of halogens is 1. The molecule has 0 aliphatic carbocycles. The molecule has 1 amide bonds. The van der Waals surface area contributed by atoms with Gasteiger partial charge in [-0.05, 0) is 34.7 Å². The number of fused-ring (bicyclic) bond motifs is 1. The second-order valence-corrected chi connectivity index (χ2v) is 10.1. The highest BCUT2D eigenvalue weighted by Gasteiger charge is 2.30. The van der Waals surface area contributed by atoms with E-state index in [1.807, 2.05) is 18.2 Å². The first-order valence-electron chi connectivity index (χ1n) is 7.51. The fourth-order valence-electron chi connectivity index (χ4n) is 2.46. The zero-order valence-corrected chi connectivity index (χ0v) is 17.5. The van der Waals surface area contributed by atoms with E-state index >= 15 is 0 Å². The van der Waals surface area contributed by atoms with Crippen molar-refractivity contribution in [2.24, 2.45) is 0 Å². The number of aromatic nitrogens is 1. The lowest BCUT2D eigenvalue weighted by atomic mass is 10.2. The number of thiazole rings is 1. The first-order valence-corrected chi connectivity index (χ1v) is 10.8. The molecule has 1 aromatic carbocycles. The number of nitrogens with one attached hydrogen (secondary N) is 1. The maximum absolute atomic E-state index is 12.4. The van der Waals surface area contributed by atoms with Crippen molar-refractivity contribution in [3.05, 3.63) is 44.0 Å². The molecule has 2 aromatic rings. The summed E-state index contributed by atoms with van der Waals surface area (Å²) < 4.78 is 28.0. The molecule has 7 nitrogen and oxygen atoms in total. The quantitative estimate of drug-likeness (QED) is 0.664. The van der Waals surface area contributed by atoms with Gasteiger partial charge in [-0.25, -0.2) is 4.98 Å². The van der Waals surface area contributed by atoms with Gasteiger partial charge in [-0.2, -0.15) is 17.0 Å². The molecule has 0 unspecified atom stereocenters. The summed E-state index contributed by atoms with van der Waals surface area (Å²) in [7, 11) is -0.411. The van der Waals surface area contributed by atoms with Crippen LogP contribution in [-0.2, 0) is 23.2 Å². The minimum absolute atomic E-state index is 0.214. The zero-order valence-electron chi connectivity index (χ0n) is 13.7. The van der Waals surface area contributed by atoms with Gasteiger partial charge in [-0.3, -0.25) is 10.1 Å². The Balaban J connectivity index is 1.77. The smallest absolute Gasteiger partial charge is 0.281 e. The van der Waals surface area contributed by atoms with Crippen LogP contribution in [0.2, 0.25) is 0 Å². The predicted molar refractivity (Wildman–Crippen MR) is 106 cm³/mol. The van der Waals surface area contributed by atoms with Gasteiger partial charge in [0.1, 0.15) is 0 Å². The van der Waals surface area contributed by atoms with E-state index in [4.69, 9.17) is 0 Å². The summed E-state index contributed by atoms with van der Waals surface area (Å²) in [5, 5.41) is 3.32. The van der Waals surface area contributed by atoms with Gasteiger partial charge in [0.05, 0.1) is 17.8 Å². The normalized spacial score (nSPS) is 15.2. The molecule has 2 heterocycles. The number of amides is 1. The van der Waals surface area contributed by atoms with Crippen molar-refractivity contribution in [3.8, 4) is 0 Å².